The second-order valence-electron chi connectivity index (χ2n) is 3.30. The van der Waals surface area contributed by atoms with Crippen LogP contribution in [0.25, 0.3) is 0 Å². The summed E-state index contributed by atoms with van der Waals surface area (Å²) < 4.78 is 5.05. The van der Waals surface area contributed by atoms with Gasteiger partial charge in [-0.1, -0.05) is 29.8 Å². The highest BCUT2D eigenvalue weighted by molar-refractivity contribution is 5.23. The van der Waals surface area contributed by atoms with Crippen molar-refractivity contribution < 1.29 is 9.84 Å². The second kappa shape index (κ2) is 4.40. The number of ether oxygens (including phenoxy) is 1. The molecule has 13 heavy (non-hydrogen) atoms. The molecule has 0 aliphatic carbocycles. The molecule has 2 atom stereocenters. The minimum absolute atomic E-state index is 0.164. The lowest BCUT2D eigenvalue weighted by Crippen LogP contribution is -2.16. The summed E-state index contributed by atoms with van der Waals surface area (Å²) in [4.78, 5) is 0. The van der Waals surface area contributed by atoms with Gasteiger partial charge in [-0.25, -0.2) is 0 Å². The van der Waals surface area contributed by atoms with Crippen LogP contribution < -0.4 is 0 Å². The number of hydrogen-bond donors (Lipinski definition) is 1. The SMILES string of the molecule is COC(C)C(O)c1ccc(C)cc1. The highest BCUT2D eigenvalue weighted by atomic mass is 16.5. The van der Waals surface area contributed by atoms with Crippen LogP contribution in [0.5, 0.6) is 0 Å². The van der Waals surface area contributed by atoms with Crippen LogP contribution in [-0.4, -0.2) is 18.3 Å². The average molecular weight is 180 g/mol. The van der Waals surface area contributed by atoms with Crippen molar-refractivity contribution in [2.24, 2.45) is 0 Å². The molecule has 0 amide bonds. The minimum Gasteiger partial charge on any atom is -0.386 e. The third kappa shape index (κ3) is 2.54. The van der Waals surface area contributed by atoms with E-state index in [-0.39, 0.29) is 6.10 Å². The zero-order valence-corrected chi connectivity index (χ0v) is 8.32. The van der Waals surface area contributed by atoms with Crippen LogP contribution in [0, 0.1) is 6.92 Å². The minimum atomic E-state index is -0.536. The third-order valence-corrected chi connectivity index (χ3v) is 2.24. The maximum Gasteiger partial charge on any atom is 0.105 e. The third-order valence-electron chi connectivity index (χ3n) is 2.24. The van der Waals surface area contributed by atoms with Gasteiger partial charge in [-0.15, -0.1) is 0 Å². The molecule has 1 aromatic carbocycles. The smallest absolute Gasteiger partial charge is 0.105 e. The van der Waals surface area contributed by atoms with Crippen molar-refractivity contribution in [2.75, 3.05) is 7.11 Å². The van der Waals surface area contributed by atoms with Gasteiger partial charge in [0.2, 0.25) is 0 Å². The molecule has 0 aliphatic rings. The molecule has 0 saturated carbocycles. The van der Waals surface area contributed by atoms with E-state index in [1.54, 1.807) is 7.11 Å². The van der Waals surface area contributed by atoms with Crippen LogP contribution in [0.2, 0.25) is 0 Å². The lowest BCUT2D eigenvalue weighted by atomic mass is 10.0. The number of aryl methyl sites for hydroxylation is 1. The van der Waals surface area contributed by atoms with Gasteiger partial charge in [-0.3, -0.25) is 0 Å². The molecule has 0 spiro atoms. The van der Waals surface area contributed by atoms with E-state index in [2.05, 4.69) is 0 Å². The summed E-state index contributed by atoms with van der Waals surface area (Å²) in [6, 6.07) is 7.83. The zero-order valence-electron chi connectivity index (χ0n) is 8.32. The average Bonchev–Trinajstić information content (AvgIpc) is 2.17. The Morgan fingerprint density at radius 3 is 2.23 bits per heavy atom. The van der Waals surface area contributed by atoms with Gasteiger partial charge in [-0.05, 0) is 19.4 Å². The Morgan fingerprint density at radius 1 is 1.23 bits per heavy atom. The molecule has 0 heterocycles. The van der Waals surface area contributed by atoms with E-state index < -0.39 is 6.10 Å². The van der Waals surface area contributed by atoms with Gasteiger partial charge in [0.1, 0.15) is 6.10 Å². The number of aliphatic hydroxyl groups excluding tert-OH is 1. The summed E-state index contributed by atoms with van der Waals surface area (Å²) in [5.74, 6) is 0. The first-order chi connectivity index (χ1) is 6.15. The normalized spacial score (nSPS) is 15.4. The summed E-state index contributed by atoms with van der Waals surface area (Å²) in [7, 11) is 1.60. The number of rotatable bonds is 3. The molecule has 1 N–H and O–H groups in total. The first-order valence-electron chi connectivity index (χ1n) is 4.42. The van der Waals surface area contributed by atoms with Crippen molar-refractivity contribution >= 4 is 0 Å². The molecule has 0 aliphatic heterocycles. The maximum absolute atomic E-state index is 9.75. The first-order valence-corrected chi connectivity index (χ1v) is 4.42. The van der Waals surface area contributed by atoms with Crippen molar-refractivity contribution in [3.05, 3.63) is 35.4 Å². The second-order valence-corrected chi connectivity index (χ2v) is 3.30. The molecule has 0 fully saturated rings. The van der Waals surface area contributed by atoms with Crippen LogP contribution in [0.4, 0.5) is 0 Å². The van der Waals surface area contributed by atoms with Gasteiger partial charge in [0.15, 0.2) is 0 Å². The molecular formula is C11H16O2. The van der Waals surface area contributed by atoms with Crippen molar-refractivity contribution in [3.63, 3.8) is 0 Å². The van der Waals surface area contributed by atoms with Crippen LogP contribution in [0.1, 0.15) is 24.2 Å². The summed E-state index contributed by atoms with van der Waals surface area (Å²) in [5, 5.41) is 9.75. The van der Waals surface area contributed by atoms with E-state index in [1.165, 1.54) is 5.56 Å². The Balaban J connectivity index is 2.77. The number of benzene rings is 1. The van der Waals surface area contributed by atoms with Crippen LogP contribution in [-0.2, 0) is 4.74 Å². The Bertz CT molecular complexity index is 253. The number of methoxy groups -OCH3 is 1. The largest absolute Gasteiger partial charge is 0.386 e. The molecule has 0 aromatic heterocycles. The monoisotopic (exact) mass is 180 g/mol. The predicted molar refractivity (Wildman–Crippen MR) is 52.6 cm³/mol. The van der Waals surface area contributed by atoms with Gasteiger partial charge < -0.3 is 9.84 Å². The fraction of sp³-hybridized carbons (Fsp3) is 0.455. The van der Waals surface area contributed by atoms with Crippen molar-refractivity contribution in [2.45, 2.75) is 26.1 Å². The molecule has 2 unspecified atom stereocenters. The summed E-state index contributed by atoms with van der Waals surface area (Å²) >= 11 is 0. The maximum atomic E-state index is 9.75. The van der Waals surface area contributed by atoms with Crippen molar-refractivity contribution in [1.82, 2.24) is 0 Å². The molecule has 72 valence electrons. The molecule has 0 saturated heterocycles. The molecule has 1 rings (SSSR count). The molecular weight excluding hydrogens is 164 g/mol. The van der Waals surface area contributed by atoms with Gasteiger partial charge >= 0.3 is 0 Å². The van der Waals surface area contributed by atoms with E-state index in [4.69, 9.17) is 4.74 Å². The van der Waals surface area contributed by atoms with E-state index in [0.717, 1.165) is 5.56 Å². The Kier molecular flexibility index (Phi) is 3.46. The van der Waals surface area contributed by atoms with Crippen LogP contribution in [0.3, 0.4) is 0 Å². The van der Waals surface area contributed by atoms with E-state index in [1.807, 2.05) is 38.1 Å². The standard InChI is InChI=1S/C11H16O2/c1-8-4-6-10(7-5-8)11(12)9(2)13-3/h4-7,9,11-12H,1-3H3. The summed E-state index contributed by atoms with van der Waals surface area (Å²) in [5.41, 5.74) is 2.10. The van der Waals surface area contributed by atoms with Gasteiger partial charge in [0.05, 0.1) is 6.10 Å². The summed E-state index contributed by atoms with van der Waals surface area (Å²) in [6.45, 7) is 3.88. The highest BCUT2D eigenvalue weighted by Gasteiger charge is 2.14. The quantitative estimate of drug-likeness (QED) is 0.771. The van der Waals surface area contributed by atoms with E-state index in [0.29, 0.717) is 0 Å². The number of aliphatic hydroxyl groups is 1. The summed E-state index contributed by atoms with van der Waals surface area (Å²) in [6.07, 6.45) is -0.701. The zero-order chi connectivity index (χ0) is 9.84. The Hall–Kier alpha value is -0.860. The Labute approximate surface area is 79.2 Å². The lowest BCUT2D eigenvalue weighted by molar-refractivity contribution is -0.00142. The number of hydrogen-bond acceptors (Lipinski definition) is 2. The van der Waals surface area contributed by atoms with E-state index >= 15 is 0 Å². The predicted octanol–water partition coefficient (Wildman–Crippen LogP) is 2.06. The fourth-order valence-corrected chi connectivity index (χ4v) is 1.16. The molecule has 0 bridgehead atoms. The van der Waals surface area contributed by atoms with Crippen LogP contribution in [0.15, 0.2) is 24.3 Å². The topological polar surface area (TPSA) is 29.5 Å². The van der Waals surface area contributed by atoms with Crippen molar-refractivity contribution in [1.29, 1.82) is 0 Å². The molecule has 1 aromatic rings. The molecule has 0 radical (unpaired) electrons. The molecule has 2 nitrogen and oxygen atoms in total. The Morgan fingerprint density at radius 2 is 1.77 bits per heavy atom. The van der Waals surface area contributed by atoms with Crippen LogP contribution >= 0.6 is 0 Å². The van der Waals surface area contributed by atoms with Gasteiger partial charge in [0.25, 0.3) is 0 Å². The fourth-order valence-electron chi connectivity index (χ4n) is 1.16. The van der Waals surface area contributed by atoms with Gasteiger partial charge in [-0.2, -0.15) is 0 Å². The van der Waals surface area contributed by atoms with Gasteiger partial charge in [0, 0.05) is 7.11 Å². The molecule has 2 heteroatoms. The first kappa shape index (κ1) is 10.2. The van der Waals surface area contributed by atoms with E-state index in [9.17, 15) is 5.11 Å². The highest BCUT2D eigenvalue weighted by Crippen LogP contribution is 2.18. The van der Waals surface area contributed by atoms with Crippen molar-refractivity contribution in [3.8, 4) is 0 Å². The lowest BCUT2D eigenvalue weighted by Gasteiger charge is -2.17.